The summed E-state index contributed by atoms with van der Waals surface area (Å²) in [6.07, 6.45) is 3.54. The second-order valence-corrected chi connectivity index (χ2v) is 6.44. The van der Waals surface area contributed by atoms with Gasteiger partial charge in [0.2, 0.25) is 0 Å². The van der Waals surface area contributed by atoms with Gasteiger partial charge in [-0.2, -0.15) is 5.10 Å². The summed E-state index contributed by atoms with van der Waals surface area (Å²) in [7, 11) is 0. The number of carbonyl (C=O) groups excluding carboxylic acids is 1. The van der Waals surface area contributed by atoms with Crippen LogP contribution in [0.5, 0.6) is 0 Å². The molecule has 2 heterocycles. The van der Waals surface area contributed by atoms with Crippen molar-refractivity contribution < 1.29 is 4.79 Å². The molecule has 23 heavy (non-hydrogen) atoms. The molecule has 0 bridgehead atoms. The summed E-state index contributed by atoms with van der Waals surface area (Å²) in [4.78, 5) is 11.5. The number of fused-ring (bicyclic) bond motifs is 1. The quantitative estimate of drug-likeness (QED) is 0.886. The van der Waals surface area contributed by atoms with Crippen LogP contribution >= 0.6 is 0 Å². The smallest absolute Gasteiger partial charge is 0.252 e. The number of amides is 1. The molecule has 3 N–H and O–H groups in total. The summed E-state index contributed by atoms with van der Waals surface area (Å²) < 4.78 is 1.92. The second kappa shape index (κ2) is 6.54. The minimum Gasteiger partial charge on any atom is -0.365 e. The van der Waals surface area contributed by atoms with E-state index in [2.05, 4.69) is 42.5 Å². The van der Waals surface area contributed by atoms with Gasteiger partial charge in [-0.25, -0.2) is 0 Å². The van der Waals surface area contributed by atoms with Gasteiger partial charge in [-0.3, -0.25) is 9.48 Å². The fourth-order valence-corrected chi connectivity index (χ4v) is 3.29. The lowest BCUT2D eigenvalue weighted by Crippen LogP contribution is -2.30. The molecule has 1 aliphatic heterocycles. The fourth-order valence-electron chi connectivity index (χ4n) is 3.29. The van der Waals surface area contributed by atoms with E-state index in [-0.39, 0.29) is 5.91 Å². The first kappa shape index (κ1) is 15.7. The standard InChI is InChI=1S/C18H24N4O/c1-12-4-3-5-15(13(12)2)10-20-9-14-6-7-22-17(8-14)16(11-21-22)18(19)23/h3-5,11,14,20H,6-10H2,1-2H3,(H2,19,23)/t14-/m0/s1. The zero-order chi connectivity index (χ0) is 16.4. The van der Waals surface area contributed by atoms with Gasteiger partial charge in [-0.15, -0.1) is 0 Å². The highest BCUT2D eigenvalue weighted by Crippen LogP contribution is 2.22. The predicted octanol–water partition coefficient (Wildman–Crippen LogP) is 1.95. The number of carbonyl (C=O) groups is 1. The lowest BCUT2D eigenvalue weighted by molar-refractivity contribution is 0.0998. The normalized spacial score (nSPS) is 17.0. The van der Waals surface area contributed by atoms with Gasteiger partial charge in [-0.05, 0) is 55.8 Å². The molecule has 0 radical (unpaired) electrons. The van der Waals surface area contributed by atoms with E-state index in [0.29, 0.717) is 11.5 Å². The van der Waals surface area contributed by atoms with E-state index in [1.165, 1.54) is 16.7 Å². The van der Waals surface area contributed by atoms with Crippen LogP contribution < -0.4 is 11.1 Å². The maximum Gasteiger partial charge on any atom is 0.252 e. The number of aryl methyl sites for hydroxylation is 2. The van der Waals surface area contributed by atoms with Gasteiger partial charge in [0.15, 0.2) is 0 Å². The Bertz CT molecular complexity index is 720. The van der Waals surface area contributed by atoms with Crippen molar-refractivity contribution >= 4 is 5.91 Å². The average Bonchev–Trinajstić information content (AvgIpc) is 2.95. The Balaban J connectivity index is 1.59. The van der Waals surface area contributed by atoms with Gasteiger partial charge < -0.3 is 11.1 Å². The summed E-state index contributed by atoms with van der Waals surface area (Å²) in [6, 6.07) is 6.43. The maximum absolute atomic E-state index is 11.5. The number of primary amides is 1. The molecular formula is C18H24N4O. The number of nitrogens with one attached hydrogen (secondary N) is 1. The molecule has 5 nitrogen and oxygen atoms in total. The Morgan fingerprint density at radius 2 is 2.26 bits per heavy atom. The van der Waals surface area contributed by atoms with Crippen LogP contribution in [-0.4, -0.2) is 22.2 Å². The Hall–Kier alpha value is -2.14. The summed E-state index contributed by atoms with van der Waals surface area (Å²) in [5, 5.41) is 7.82. The molecule has 1 aromatic carbocycles. The maximum atomic E-state index is 11.5. The molecule has 0 saturated heterocycles. The van der Waals surface area contributed by atoms with Crippen molar-refractivity contribution in [3.63, 3.8) is 0 Å². The van der Waals surface area contributed by atoms with Crippen molar-refractivity contribution in [1.82, 2.24) is 15.1 Å². The SMILES string of the molecule is Cc1cccc(CNC[C@H]2CCn3ncc(C(N)=O)c3C2)c1C. The largest absolute Gasteiger partial charge is 0.365 e. The molecule has 1 aliphatic rings. The van der Waals surface area contributed by atoms with Crippen molar-refractivity contribution in [2.45, 2.75) is 39.8 Å². The van der Waals surface area contributed by atoms with Gasteiger partial charge in [0.1, 0.15) is 0 Å². The highest BCUT2D eigenvalue weighted by molar-refractivity contribution is 5.93. The third-order valence-corrected chi connectivity index (χ3v) is 4.91. The van der Waals surface area contributed by atoms with E-state index in [0.717, 1.165) is 38.2 Å². The first-order chi connectivity index (χ1) is 11.1. The topological polar surface area (TPSA) is 72.9 Å². The molecule has 2 aromatic rings. The van der Waals surface area contributed by atoms with Crippen LogP contribution in [0.15, 0.2) is 24.4 Å². The third kappa shape index (κ3) is 3.29. The fraction of sp³-hybridized carbons (Fsp3) is 0.444. The van der Waals surface area contributed by atoms with Crippen LogP contribution in [0.4, 0.5) is 0 Å². The van der Waals surface area contributed by atoms with Crippen LogP contribution in [-0.2, 0) is 19.5 Å². The number of benzene rings is 1. The number of nitrogens with two attached hydrogens (primary N) is 1. The van der Waals surface area contributed by atoms with Crippen molar-refractivity contribution in [1.29, 1.82) is 0 Å². The summed E-state index contributed by atoms with van der Waals surface area (Å²) in [6.45, 7) is 7.00. The molecule has 1 amide bonds. The first-order valence-corrected chi connectivity index (χ1v) is 8.16. The van der Waals surface area contributed by atoms with Crippen molar-refractivity contribution in [2.24, 2.45) is 11.7 Å². The molecule has 1 aromatic heterocycles. The molecule has 0 aliphatic carbocycles. The number of hydrogen-bond acceptors (Lipinski definition) is 3. The lowest BCUT2D eigenvalue weighted by atomic mass is 9.94. The second-order valence-electron chi connectivity index (χ2n) is 6.44. The Labute approximate surface area is 136 Å². The van der Waals surface area contributed by atoms with E-state index < -0.39 is 0 Å². The van der Waals surface area contributed by atoms with Gasteiger partial charge in [0.05, 0.1) is 17.5 Å². The molecule has 1 atom stereocenters. The van der Waals surface area contributed by atoms with Crippen LogP contribution in [0.2, 0.25) is 0 Å². The molecule has 0 spiro atoms. The van der Waals surface area contributed by atoms with E-state index >= 15 is 0 Å². The first-order valence-electron chi connectivity index (χ1n) is 8.16. The monoisotopic (exact) mass is 312 g/mol. The van der Waals surface area contributed by atoms with Crippen LogP contribution in [0, 0.1) is 19.8 Å². The van der Waals surface area contributed by atoms with Crippen LogP contribution in [0.1, 0.15) is 39.2 Å². The molecule has 5 heteroatoms. The third-order valence-electron chi connectivity index (χ3n) is 4.91. The van der Waals surface area contributed by atoms with Crippen molar-refractivity contribution in [2.75, 3.05) is 6.54 Å². The van der Waals surface area contributed by atoms with Crippen molar-refractivity contribution in [3.05, 3.63) is 52.3 Å². The van der Waals surface area contributed by atoms with E-state index in [1.54, 1.807) is 6.20 Å². The van der Waals surface area contributed by atoms with Crippen LogP contribution in [0.25, 0.3) is 0 Å². The molecule has 122 valence electrons. The number of aromatic nitrogens is 2. The van der Waals surface area contributed by atoms with Crippen LogP contribution in [0.3, 0.4) is 0 Å². The highest BCUT2D eigenvalue weighted by Gasteiger charge is 2.24. The highest BCUT2D eigenvalue weighted by atomic mass is 16.1. The van der Waals surface area contributed by atoms with Gasteiger partial charge in [0, 0.05) is 13.1 Å². The van der Waals surface area contributed by atoms with E-state index in [1.807, 2.05) is 4.68 Å². The van der Waals surface area contributed by atoms with Gasteiger partial charge in [0.25, 0.3) is 5.91 Å². The summed E-state index contributed by atoms with van der Waals surface area (Å²) in [5.41, 5.74) is 11.0. The van der Waals surface area contributed by atoms with E-state index in [4.69, 9.17) is 5.73 Å². The summed E-state index contributed by atoms with van der Waals surface area (Å²) >= 11 is 0. The average molecular weight is 312 g/mol. The molecular weight excluding hydrogens is 288 g/mol. The summed E-state index contributed by atoms with van der Waals surface area (Å²) in [5.74, 6) is 0.137. The van der Waals surface area contributed by atoms with Gasteiger partial charge in [-0.1, -0.05) is 18.2 Å². The zero-order valence-electron chi connectivity index (χ0n) is 13.8. The van der Waals surface area contributed by atoms with Crippen molar-refractivity contribution in [3.8, 4) is 0 Å². The number of hydrogen-bond donors (Lipinski definition) is 2. The van der Waals surface area contributed by atoms with E-state index in [9.17, 15) is 4.79 Å². The Kier molecular flexibility index (Phi) is 4.48. The molecule has 3 rings (SSSR count). The Morgan fingerprint density at radius 3 is 3.04 bits per heavy atom. The molecule has 0 unspecified atom stereocenters. The molecule has 0 fully saturated rings. The minimum atomic E-state index is -0.379. The lowest BCUT2D eigenvalue weighted by Gasteiger charge is -2.24. The minimum absolute atomic E-state index is 0.379. The zero-order valence-corrected chi connectivity index (χ0v) is 13.8. The predicted molar refractivity (Wildman–Crippen MR) is 90.2 cm³/mol. The van der Waals surface area contributed by atoms with Gasteiger partial charge >= 0.3 is 0 Å². The Morgan fingerprint density at radius 1 is 1.43 bits per heavy atom. The molecule has 0 saturated carbocycles. The number of nitrogens with zero attached hydrogens (tertiary/aromatic N) is 2. The number of rotatable bonds is 5.